The highest BCUT2D eigenvalue weighted by Gasteiger charge is 2.19. The van der Waals surface area contributed by atoms with Gasteiger partial charge in [0.05, 0.1) is 0 Å². The molecule has 2 heteroatoms. The first-order chi connectivity index (χ1) is 8.92. The van der Waals surface area contributed by atoms with Crippen LogP contribution in [0.15, 0.2) is 48.5 Å². The first-order valence-corrected chi connectivity index (χ1v) is 8.30. The number of unbranched alkanes of at least 4 members (excludes halogenated alkanes) is 1. The maximum atomic E-state index is 5.79. The zero-order valence-corrected chi connectivity index (χ0v) is 11.8. The van der Waals surface area contributed by atoms with Crippen LogP contribution in [0.4, 0.5) is 0 Å². The van der Waals surface area contributed by atoms with Crippen LogP contribution < -0.4 is 0 Å². The fourth-order valence-electron chi connectivity index (χ4n) is 2.49. The van der Waals surface area contributed by atoms with E-state index in [0.29, 0.717) is 0 Å². The molecule has 0 bridgehead atoms. The first kappa shape index (κ1) is 12.0. The third-order valence-corrected chi connectivity index (χ3v) is 6.07. The Labute approximate surface area is 115 Å². The van der Waals surface area contributed by atoms with E-state index in [0.717, 1.165) is 12.3 Å². The van der Waals surface area contributed by atoms with E-state index in [4.69, 9.17) is 11.6 Å². The number of hydrogen-bond donors (Lipinski definition) is 0. The molecule has 1 aromatic heterocycles. The fourth-order valence-corrected chi connectivity index (χ4v) is 5.22. The quantitative estimate of drug-likeness (QED) is 0.322. The molecule has 0 aliphatic rings. The number of benzene rings is 2. The van der Waals surface area contributed by atoms with Crippen molar-refractivity contribution in [1.29, 1.82) is 0 Å². The Morgan fingerprint density at radius 3 is 1.89 bits per heavy atom. The number of aryl methyl sites for hydroxylation is 1. The van der Waals surface area contributed by atoms with Crippen molar-refractivity contribution in [2.45, 2.75) is 18.6 Å². The lowest BCUT2D eigenvalue weighted by Crippen LogP contribution is -1.78. The van der Waals surface area contributed by atoms with E-state index in [1.165, 1.54) is 32.3 Å². The average molecular weight is 276 g/mol. The molecule has 92 valence electrons. The van der Waals surface area contributed by atoms with Crippen molar-refractivity contribution in [2.24, 2.45) is 0 Å². The highest BCUT2D eigenvalue weighted by Crippen LogP contribution is 2.43. The summed E-state index contributed by atoms with van der Waals surface area (Å²) in [6.07, 6.45) is 2.34. The smallest absolute Gasteiger partial charge is 0.127 e. The van der Waals surface area contributed by atoms with Gasteiger partial charge in [0.2, 0.25) is 0 Å². The summed E-state index contributed by atoms with van der Waals surface area (Å²) in [4.78, 5) is 0. The van der Waals surface area contributed by atoms with Crippen LogP contribution in [0.25, 0.3) is 20.2 Å². The maximum Gasteiger partial charge on any atom is 0.181 e. The number of fused-ring (bicyclic) bond motifs is 3. The number of thiophene rings is 1. The molecule has 1 heterocycles. The van der Waals surface area contributed by atoms with Crippen LogP contribution in [0.5, 0.6) is 0 Å². The molecule has 0 radical (unpaired) electrons. The molecule has 0 N–H and O–H groups in total. The number of hydrogen-bond acceptors (Lipinski definition) is 0. The van der Waals surface area contributed by atoms with Crippen molar-refractivity contribution in [2.75, 3.05) is 5.88 Å². The SMILES string of the molecule is ClCCCC[s+]1c2ccccc2c2ccccc21. The third-order valence-electron chi connectivity index (χ3n) is 3.33. The Morgan fingerprint density at radius 1 is 0.778 bits per heavy atom. The summed E-state index contributed by atoms with van der Waals surface area (Å²) < 4.78 is 3.04. The van der Waals surface area contributed by atoms with Crippen molar-refractivity contribution in [3.63, 3.8) is 0 Å². The second-order valence-corrected chi connectivity index (χ2v) is 6.93. The zero-order valence-electron chi connectivity index (χ0n) is 10.2. The normalized spacial score (nSPS) is 11.4. The molecular formula is C16H16ClS+. The summed E-state index contributed by atoms with van der Waals surface area (Å²) in [6.45, 7) is 0. The maximum absolute atomic E-state index is 5.79. The van der Waals surface area contributed by atoms with Gasteiger partial charge in [0.25, 0.3) is 0 Å². The minimum Gasteiger partial charge on any atom is -0.127 e. The molecule has 0 spiro atoms. The molecule has 0 atom stereocenters. The van der Waals surface area contributed by atoms with Crippen LogP contribution in [-0.2, 0) is 5.75 Å². The summed E-state index contributed by atoms with van der Waals surface area (Å²) in [5, 5.41) is 2.87. The van der Waals surface area contributed by atoms with E-state index in [1.807, 2.05) is 0 Å². The Morgan fingerprint density at radius 2 is 1.33 bits per heavy atom. The van der Waals surface area contributed by atoms with Crippen molar-refractivity contribution >= 4 is 42.2 Å². The van der Waals surface area contributed by atoms with Crippen LogP contribution in [-0.4, -0.2) is 5.88 Å². The molecule has 2 aromatic carbocycles. The summed E-state index contributed by atoms with van der Waals surface area (Å²) >= 11 is 5.79. The number of halogens is 1. The summed E-state index contributed by atoms with van der Waals surface area (Å²) in [5.41, 5.74) is 0. The van der Waals surface area contributed by atoms with Gasteiger partial charge in [-0.2, -0.15) is 0 Å². The van der Waals surface area contributed by atoms with Crippen LogP contribution in [0.1, 0.15) is 12.8 Å². The molecule has 0 saturated carbocycles. The largest absolute Gasteiger partial charge is 0.181 e. The Hall–Kier alpha value is -1.05. The average Bonchev–Trinajstić information content (AvgIpc) is 2.74. The lowest BCUT2D eigenvalue weighted by atomic mass is 10.2. The molecule has 0 fully saturated rings. The summed E-state index contributed by atoms with van der Waals surface area (Å²) in [7, 11) is 0.263. The second kappa shape index (κ2) is 5.29. The molecule has 0 nitrogen and oxygen atoms in total. The van der Waals surface area contributed by atoms with Crippen LogP contribution in [0.3, 0.4) is 0 Å². The molecule has 0 aliphatic carbocycles. The van der Waals surface area contributed by atoms with E-state index >= 15 is 0 Å². The van der Waals surface area contributed by atoms with Gasteiger partial charge in [-0.1, -0.05) is 24.3 Å². The van der Waals surface area contributed by atoms with Gasteiger partial charge < -0.3 is 0 Å². The van der Waals surface area contributed by atoms with E-state index in [-0.39, 0.29) is 10.5 Å². The van der Waals surface area contributed by atoms with Gasteiger partial charge in [-0.15, -0.1) is 11.6 Å². The standard InChI is InChI=1S/C16H16ClS/c17-11-5-6-12-18-15-9-3-1-7-13(15)14-8-2-4-10-16(14)18/h1-4,7-10H,5-6,11-12H2/q+1. The minimum atomic E-state index is 0.263. The van der Waals surface area contributed by atoms with Gasteiger partial charge in [-0.05, 0) is 47.6 Å². The van der Waals surface area contributed by atoms with E-state index in [2.05, 4.69) is 48.5 Å². The predicted molar refractivity (Wildman–Crippen MR) is 83.9 cm³/mol. The first-order valence-electron chi connectivity index (χ1n) is 6.37. The monoisotopic (exact) mass is 275 g/mol. The fraction of sp³-hybridized carbons (Fsp3) is 0.250. The van der Waals surface area contributed by atoms with Crippen molar-refractivity contribution in [1.82, 2.24) is 0 Å². The Bertz CT molecular complexity index is 616. The predicted octanol–water partition coefficient (Wildman–Crippen LogP) is 5.76. The lowest BCUT2D eigenvalue weighted by molar-refractivity contribution is 0.860. The van der Waals surface area contributed by atoms with Crippen LogP contribution in [0.2, 0.25) is 0 Å². The van der Waals surface area contributed by atoms with Gasteiger partial charge in [0.15, 0.2) is 9.40 Å². The molecule has 0 saturated heterocycles. The van der Waals surface area contributed by atoms with E-state index in [9.17, 15) is 0 Å². The molecule has 3 aromatic rings. The summed E-state index contributed by atoms with van der Waals surface area (Å²) in [5.74, 6) is 2.02. The minimum absolute atomic E-state index is 0.263. The van der Waals surface area contributed by atoms with Crippen molar-refractivity contribution in [3.8, 4) is 0 Å². The molecule has 0 amide bonds. The summed E-state index contributed by atoms with van der Waals surface area (Å²) in [6, 6.07) is 17.7. The topological polar surface area (TPSA) is 0 Å². The molecule has 3 rings (SSSR count). The Kier molecular flexibility index (Phi) is 3.53. The molecule has 0 aliphatic heterocycles. The second-order valence-electron chi connectivity index (χ2n) is 4.48. The highest BCUT2D eigenvalue weighted by molar-refractivity contribution is 7.42. The highest BCUT2D eigenvalue weighted by atomic mass is 35.5. The van der Waals surface area contributed by atoms with Crippen LogP contribution >= 0.6 is 22.1 Å². The van der Waals surface area contributed by atoms with Crippen molar-refractivity contribution in [3.05, 3.63) is 48.5 Å². The zero-order chi connectivity index (χ0) is 12.4. The number of rotatable bonds is 4. The molecule has 18 heavy (non-hydrogen) atoms. The third kappa shape index (κ3) is 2.02. The Balaban J connectivity index is 2.18. The molecular weight excluding hydrogens is 260 g/mol. The van der Waals surface area contributed by atoms with Gasteiger partial charge >= 0.3 is 0 Å². The van der Waals surface area contributed by atoms with Gasteiger partial charge in [-0.25, -0.2) is 0 Å². The lowest BCUT2D eigenvalue weighted by Gasteiger charge is -1.92. The number of alkyl halides is 1. The van der Waals surface area contributed by atoms with Crippen molar-refractivity contribution < 1.29 is 0 Å². The van der Waals surface area contributed by atoms with Gasteiger partial charge in [0, 0.05) is 16.7 Å². The molecule has 0 unspecified atom stereocenters. The van der Waals surface area contributed by atoms with Gasteiger partial charge in [0.1, 0.15) is 5.75 Å². The van der Waals surface area contributed by atoms with Gasteiger partial charge in [-0.3, -0.25) is 0 Å². The van der Waals surface area contributed by atoms with Crippen LogP contribution in [0, 0.1) is 0 Å². The van der Waals surface area contributed by atoms with E-state index < -0.39 is 0 Å². The van der Waals surface area contributed by atoms with E-state index in [1.54, 1.807) is 0 Å².